The van der Waals surface area contributed by atoms with E-state index in [0.29, 0.717) is 11.5 Å². The second-order valence-electron chi connectivity index (χ2n) is 3.27. The van der Waals surface area contributed by atoms with Crippen molar-refractivity contribution >= 4 is 50.0 Å². The van der Waals surface area contributed by atoms with Gasteiger partial charge in [0.2, 0.25) is 0 Å². The smallest absolute Gasteiger partial charge is 0.142 e. The molecule has 1 aromatic heterocycles. The normalized spacial score (nSPS) is 9.71. The van der Waals surface area contributed by atoms with Crippen LogP contribution >= 0.6 is 38.5 Å². The van der Waals surface area contributed by atoms with Gasteiger partial charge in [-0.1, -0.05) is 6.07 Å². The minimum absolute atomic E-state index is 0.402. The maximum atomic E-state index is 8.76. The minimum atomic E-state index is 0.402. The molecule has 5 heteroatoms. The summed E-state index contributed by atoms with van der Waals surface area (Å²) in [4.78, 5) is 4.15. The van der Waals surface area contributed by atoms with Crippen molar-refractivity contribution in [3.63, 3.8) is 0 Å². The van der Waals surface area contributed by atoms with E-state index in [-0.39, 0.29) is 0 Å². The maximum Gasteiger partial charge on any atom is 0.142 e. The minimum Gasteiger partial charge on any atom is -0.340 e. The molecule has 0 fully saturated rings. The maximum absolute atomic E-state index is 8.76. The Morgan fingerprint density at radius 1 is 1.29 bits per heavy atom. The van der Waals surface area contributed by atoms with Crippen molar-refractivity contribution < 1.29 is 0 Å². The van der Waals surface area contributed by atoms with E-state index in [1.165, 1.54) is 0 Å². The summed E-state index contributed by atoms with van der Waals surface area (Å²) in [5.41, 5.74) is 1.33. The van der Waals surface area contributed by atoms with Crippen molar-refractivity contribution in [2.24, 2.45) is 0 Å². The zero-order valence-electron chi connectivity index (χ0n) is 8.61. The first-order chi connectivity index (χ1) is 8.19. The molecule has 2 rings (SSSR count). The zero-order valence-corrected chi connectivity index (χ0v) is 12.4. The Morgan fingerprint density at radius 2 is 2.12 bits per heavy atom. The molecule has 0 aliphatic rings. The van der Waals surface area contributed by atoms with Crippen LogP contribution in [0.5, 0.6) is 0 Å². The Kier molecular flexibility index (Phi) is 3.97. The van der Waals surface area contributed by atoms with Crippen LogP contribution in [0.1, 0.15) is 5.69 Å². The van der Waals surface area contributed by atoms with Crippen LogP contribution in [-0.2, 0) is 0 Å². The predicted octanol–water partition coefficient (Wildman–Crippen LogP) is 4.06. The number of nitrogens with one attached hydrogen (secondary N) is 1. The van der Waals surface area contributed by atoms with Gasteiger partial charge in [-0.05, 0) is 68.9 Å². The molecular formula is C12H7BrIN3. The summed E-state index contributed by atoms with van der Waals surface area (Å²) in [6.07, 6.45) is 0. The van der Waals surface area contributed by atoms with Crippen LogP contribution in [0, 0.1) is 14.9 Å². The van der Waals surface area contributed by atoms with Crippen LogP contribution in [0.3, 0.4) is 0 Å². The van der Waals surface area contributed by atoms with Gasteiger partial charge in [-0.15, -0.1) is 0 Å². The van der Waals surface area contributed by atoms with E-state index in [0.717, 1.165) is 13.7 Å². The van der Waals surface area contributed by atoms with E-state index in [2.05, 4.69) is 48.8 Å². The standard InChI is InChI=1S/C12H7BrIN3/c13-10-6-8(4-5-11(10)14)16-12-3-1-2-9(7-15)17-12/h1-6H,(H,16,17). The van der Waals surface area contributed by atoms with Crippen LogP contribution in [-0.4, -0.2) is 4.98 Å². The Morgan fingerprint density at radius 3 is 2.82 bits per heavy atom. The van der Waals surface area contributed by atoms with Gasteiger partial charge in [0.05, 0.1) is 0 Å². The lowest BCUT2D eigenvalue weighted by Gasteiger charge is -2.06. The zero-order chi connectivity index (χ0) is 12.3. The highest BCUT2D eigenvalue weighted by molar-refractivity contribution is 14.1. The molecule has 17 heavy (non-hydrogen) atoms. The first-order valence-corrected chi connectivity index (χ1v) is 6.65. The van der Waals surface area contributed by atoms with Crippen molar-refractivity contribution in [1.82, 2.24) is 4.98 Å². The molecule has 0 spiro atoms. The van der Waals surface area contributed by atoms with Gasteiger partial charge in [-0.25, -0.2) is 4.98 Å². The van der Waals surface area contributed by atoms with Crippen LogP contribution in [0.25, 0.3) is 0 Å². The summed E-state index contributed by atoms with van der Waals surface area (Å²) >= 11 is 5.72. The highest BCUT2D eigenvalue weighted by Crippen LogP contribution is 2.24. The average Bonchev–Trinajstić information content (AvgIpc) is 2.34. The summed E-state index contributed by atoms with van der Waals surface area (Å²) in [6, 6.07) is 13.3. The van der Waals surface area contributed by atoms with Gasteiger partial charge in [0.25, 0.3) is 0 Å². The number of anilines is 2. The fraction of sp³-hybridized carbons (Fsp3) is 0. The lowest BCUT2D eigenvalue weighted by atomic mass is 10.3. The number of nitrogens with zero attached hydrogens (tertiary/aromatic N) is 2. The Bertz CT molecular complexity index is 593. The van der Waals surface area contributed by atoms with Gasteiger partial charge in [-0.3, -0.25) is 0 Å². The van der Waals surface area contributed by atoms with Crippen molar-refractivity contribution in [3.05, 3.63) is 50.1 Å². The second-order valence-corrected chi connectivity index (χ2v) is 5.29. The molecule has 0 amide bonds. The Hall–Kier alpha value is -1.13. The molecule has 0 saturated carbocycles. The molecule has 1 heterocycles. The van der Waals surface area contributed by atoms with Crippen molar-refractivity contribution in [2.75, 3.05) is 5.32 Å². The molecule has 2 aromatic rings. The summed E-state index contributed by atoms with van der Waals surface area (Å²) in [5.74, 6) is 0.664. The van der Waals surface area contributed by atoms with E-state index >= 15 is 0 Å². The predicted molar refractivity (Wildman–Crippen MR) is 79.1 cm³/mol. The summed E-state index contributed by atoms with van der Waals surface area (Å²) in [5, 5.41) is 11.9. The average molecular weight is 400 g/mol. The first kappa shape index (κ1) is 12.3. The lowest BCUT2D eigenvalue weighted by molar-refractivity contribution is 1.25. The van der Waals surface area contributed by atoms with Crippen LogP contribution in [0.4, 0.5) is 11.5 Å². The third-order valence-electron chi connectivity index (χ3n) is 2.06. The molecule has 84 valence electrons. The molecule has 3 nitrogen and oxygen atoms in total. The molecule has 0 bridgehead atoms. The summed E-state index contributed by atoms with van der Waals surface area (Å²) in [6.45, 7) is 0. The molecule has 0 radical (unpaired) electrons. The fourth-order valence-corrected chi connectivity index (χ4v) is 2.00. The van der Waals surface area contributed by atoms with E-state index in [1.54, 1.807) is 12.1 Å². The second kappa shape index (κ2) is 5.47. The molecule has 0 unspecified atom stereocenters. The van der Waals surface area contributed by atoms with Crippen molar-refractivity contribution in [2.45, 2.75) is 0 Å². The SMILES string of the molecule is N#Cc1cccc(Nc2ccc(I)c(Br)c2)n1. The first-order valence-electron chi connectivity index (χ1n) is 4.78. The van der Waals surface area contributed by atoms with E-state index in [9.17, 15) is 0 Å². The molecule has 1 N–H and O–H groups in total. The molecule has 1 aromatic carbocycles. The summed E-state index contributed by atoms with van der Waals surface area (Å²) in [7, 11) is 0. The quantitative estimate of drug-likeness (QED) is 0.774. The van der Waals surface area contributed by atoms with E-state index in [1.807, 2.05) is 30.3 Å². The summed E-state index contributed by atoms with van der Waals surface area (Å²) < 4.78 is 2.17. The number of nitriles is 1. The number of halogens is 2. The van der Waals surface area contributed by atoms with E-state index in [4.69, 9.17) is 5.26 Å². The molecular weight excluding hydrogens is 393 g/mol. The van der Waals surface area contributed by atoms with Gasteiger partial charge in [0.15, 0.2) is 0 Å². The lowest BCUT2D eigenvalue weighted by Crippen LogP contribution is -1.95. The van der Waals surface area contributed by atoms with Crippen LogP contribution in [0.2, 0.25) is 0 Å². The van der Waals surface area contributed by atoms with E-state index < -0.39 is 0 Å². The highest BCUT2D eigenvalue weighted by atomic mass is 127. The van der Waals surface area contributed by atoms with Gasteiger partial charge >= 0.3 is 0 Å². The molecule has 0 aliphatic heterocycles. The monoisotopic (exact) mass is 399 g/mol. The van der Waals surface area contributed by atoms with Gasteiger partial charge in [-0.2, -0.15) is 5.26 Å². The number of hydrogen-bond donors (Lipinski definition) is 1. The number of rotatable bonds is 2. The third kappa shape index (κ3) is 3.17. The van der Waals surface area contributed by atoms with Gasteiger partial charge in [0.1, 0.15) is 17.6 Å². The number of hydrogen-bond acceptors (Lipinski definition) is 3. The molecule has 0 saturated heterocycles. The van der Waals surface area contributed by atoms with Crippen molar-refractivity contribution in [1.29, 1.82) is 5.26 Å². The van der Waals surface area contributed by atoms with Gasteiger partial charge < -0.3 is 5.32 Å². The third-order valence-corrected chi connectivity index (χ3v) is 4.39. The fourth-order valence-electron chi connectivity index (χ4n) is 1.29. The topological polar surface area (TPSA) is 48.7 Å². The highest BCUT2D eigenvalue weighted by Gasteiger charge is 2.00. The Balaban J connectivity index is 2.25. The number of aromatic nitrogens is 1. The Labute approximate surface area is 121 Å². The molecule has 0 atom stereocenters. The van der Waals surface area contributed by atoms with Crippen LogP contribution in [0.15, 0.2) is 40.9 Å². The number of benzene rings is 1. The van der Waals surface area contributed by atoms with Crippen molar-refractivity contribution in [3.8, 4) is 6.07 Å². The molecule has 0 aliphatic carbocycles. The largest absolute Gasteiger partial charge is 0.340 e. The number of pyridine rings is 1. The van der Waals surface area contributed by atoms with Crippen LogP contribution < -0.4 is 5.32 Å². The van der Waals surface area contributed by atoms with Gasteiger partial charge in [0, 0.05) is 13.7 Å².